The van der Waals surface area contributed by atoms with E-state index in [4.69, 9.17) is 27.9 Å². The lowest BCUT2D eigenvalue weighted by Gasteiger charge is -2.44. The van der Waals surface area contributed by atoms with Gasteiger partial charge in [0, 0.05) is 24.7 Å². The molecule has 45 heavy (non-hydrogen) atoms. The number of carbonyl (C=O) groups excluding carboxylic acids is 3. The molecule has 3 aliphatic rings. The maximum atomic E-state index is 14.8. The zero-order valence-electron chi connectivity index (χ0n) is 25.4. The van der Waals surface area contributed by atoms with Crippen LogP contribution in [0.25, 0.3) is 0 Å². The summed E-state index contributed by atoms with van der Waals surface area (Å²) < 4.78 is 33.3. The fraction of sp³-hybridized carbons (Fsp3) is 0.500. The minimum absolute atomic E-state index is 0.0526. The van der Waals surface area contributed by atoms with Gasteiger partial charge in [0.15, 0.2) is 9.84 Å². The molecule has 2 aromatic carbocycles. The minimum atomic E-state index is -4.05. The number of likely N-dealkylation sites (tertiary alicyclic amines) is 2. The molecule has 3 amide bonds. The predicted octanol–water partition coefficient (Wildman–Crippen LogP) is 4.88. The molecule has 2 saturated heterocycles. The molecule has 0 unspecified atom stereocenters. The Kier molecular flexibility index (Phi) is 8.90. The van der Waals surface area contributed by atoms with Gasteiger partial charge in [0.1, 0.15) is 17.2 Å². The van der Waals surface area contributed by atoms with Crippen LogP contribution in [0.15, 0.2) is 53.4 Å². The van der Waals surface area contributed by atoms with E-state index in [-0.39, 0.29) is 48.8 Å². The molecular formula is C32H36Cl2N4O6S. The molecule has 0 aromatic heterocycles. The van der Waals surface area contributed by atoms with Gasteiger partial charge in [-0.05, 0) is 82.7 Å². The second-order valence-electron chi connectivity index (χ2n) is 13.0. The molecule has 1 saturated carbocycles. The van der Waals surface area contributed by atoms with Crippen LogP contribution in [-0.4, -0.2) is 78.2 Å². The average molecular weight is 676 g/mol. The van der Waals surface area contributed by atoms with Gasteiger partial charge >= 0.3 is 6.09 Å². The van der Waals surface area contributed by atoms with Crippen molar-refractivity contribution in [2.75, 3.05) is 19.6 Å². The number of piperidine rings is 1. The molecule has 1 N–H and O–H groups in total. The van der Waals surface area contributed by atoms with Crippen molar-refractivity contribution in [3.8, 4) is 6.07 Å². The fourth-order valence-electron chi connectivity index (χ4n) is 6.13. The van der Waals surface area contributed by atoms with E-state index >= 15 is 0 Å². The predicted molar refractivity (Wildman–Crippen MR) is 168 cm³/mol. The molecule has 2 heterocycles. The third-order valence-electron chi connectivity index (χ3n) is 8.81. The van der Waals surface area contributed by atoms with Crippen molar-refractivity contribution in [3.05, 3.63) is 64.1 Å². The molecule has 2 aromatic rings. The Labute approximate surface area is 273 Å². The molecule has 13 heteroatoms. The molecule has 5 rings (SSSR count). The number of hydrogen-bond donors (Lipinski definition) is 1. The summed E-state index contributed by atoms with van der Waals surface area (Å²) in [6.45, 7) is 5.50. The van der Waals surface area contributed by atoms with Crippen LogP contribution < -0.4 is 5.32 Å². The smallest absolute Gasteiger partial charge is 0.410 e. The molecule has 10 nitrogen and oxygen atoms in total. The van der Waals surface area contributed by atoms with E-state index in [1.54, 1.807) is 62.1 Å². The van der Waals surface area contributed by atoms with E-state index < -0.39 is 55.6 Å². The molecule has 0 radical (unpaired) electrons. The number of nitrogens with zero attached hydrogens (tertiary/aromatic N) is 3. The molecule has 2 aliphatic heterocycles. The fourth-order valence-corrected chi connectivity index (χ4v) is 8.47. The zero-order valence-corrected chi connectivity index (χ0v) is 27.7. The summed E-state index contributed by atoms with van der Waals surface area (Å²) in [5.41, 5.74) is -2.25. The van der Waals surface area contributed by atoms with Crippen molar-refractivity contribution in [3.63, 3.8) is 0 Å². The number of sulfone groups is 1. The summed E-state index contributed by atoms with van der Waals surface area (Å²) in [6, 6.07) is 13.9. The van der Waals surface area contributed by atoms with Crippen LogP contribution in [0.1, 0.15) is 58.4 Å². The van der Waals surface area contributed by atoms with E-state index in [0.29, 0.717) is 23.4 Å². The summed E-state index contributed by atoms with van der Waals surface area (Å²) in [5.74, 6) is -0.996. The van der Waals surface area contributed by atoms with Crippen LogP contribution in [0, 0.1) is 11.3 Å². The maximum Gasteiger partial charge on any atom is 0.410 e. The van der Waals surface area contributed by atoms with Crippen molar-refractivity contribution in [1.29, 1.82) is 5.26 Å². The second-order valence-corrected chi connectivity index (χ2v) is 16.1. The van der Waals surface area contributed by atoms with Crippen LogP contribution in [0.3, 0.4) is 0 Å². The quantitative estimate of drug-likeness (QED) is 0.461. The van der Waals surface area contributed by atoms with Crippen LogP contribution >= 0.6 is 23.2 Å². The first-order valence-electron chi connectivity index (χ1n) is 14.9. The standard InChI is InChI=1S/C32H36Cl2N4O6S/c1-30(2,3)44-29(41)37-16-14-32(15-17-37,21-8-10-22(33)11-9-21)28(40)38-19-23(45(42,43)26-7-5-4-6-24(26)34)18-25(38)27(39)36-31(20-35)12-13-31/h4-11,23,25H,12-19H2,1-3H3,(H,36,39)/t23-,25+/m1/s1. The Hall–Kier alpha value is -3.33. The second kappa shape index (κ2) is 12.1. The Morgan fingerprint density at radius 1 is 1.00 bits per heavy atom. The van der Waals surface area contributed by atoms with Gasteiger partial charge in [-0.1, -0.05) is 47.5 Å². The van der Waals surface area contributed by atoms with E-state index in [1.165, 1.54) is 17.0 Å². The number of amides is 3. The largest absolute Gasteiger partial charge is 0.444 e. The lowest BCUT2D eigenvalue weighted by molar-refractivity contribution is -0.145. The third-order valence-corrected chi connectivity index (χ3v) is 11.7. The lowest BCUT2D eigenvalue weighted by atomic mass is 9.71. The average Bonchev–Trinajstić information content (AvgIpc) is 3.61. The number of halogens is 2. The lowest BCUT2D eigenvalue weighted by Crippen LogP contribution is -2.58. The SMILES string of the molecule is CC(C)(C)OC(=O)N1CCC(C(=O)N2C[C@H](S(=O)(=O)c3ccccc3Cl)C[C@H]2C(=O)NC2(C#N)CC2)(c2ccc(Cl)cc2)CC1. The summed E-state index contributed by atoms with van der Waals surface area (Å²) in [5, 5.41) is 11.8. The Morgan fingerprint density at radius 3 is 2.18 bits per heavy atom. The Bertz CT molecular complexity index is 1640. The van der Waals surface area contributed by atoms with Gasteiger partial charge in [-0.25, -0.2) is 13.2 Å². The normalized spacial score (nSPS) is 22.3. The number of nitriles is 1. The van der Waals surface area contributed by atoms with Crippen molar-refractivity contribution in [1.82, 2.24) is 15.1 Å². The van der Waals surface area contributed by atoms with Gasteiger partial charge in [-0.3, -0.25) is 9.59 Å². The number of benzene rings is 2. The van der Waals surface area contributed by atoms with Crippen molar-refractivity contribution >= 4 is 50.9 Å². The first-order valence-corrected chi connectivity index (χ1v) is 17.2. The summed E-state index contributed by atoms with van der Waals surface area (Å²) in [6.07, 6.45) is 0.727. The first kappa shape index (κ1) is 33.0. The topological polar surface area (TPSA) is 137 Å². The molecule has 0 bridgehead atoms. The summed E-state index contributed by atoms with van der Waals surface area (Å²) in [7, 11) is -4.05. The highest BCUT2D eigenvalue weighted by atomic mass is 35.5. The van der Waals surface area contributed by atoms with E-state index in [9.17, 15) is 28.1 Å². The van der Waals surface area contributed by atoms with E-state index in [0.717, 1.165) is 0 Å². The van der Waals surface area contributed by atoms with E-state index in [1.807, 2.05) is 0 Å². The number of hydrogen-bond acceptors (Lipinski definition) is 7. The number of ether oxygens (including phenoxy) is 1. The highest BCUT2D eigenvalue weighted by molar-refractivity contribution is 7.92. The van der Waals surface area contributed by atoms with Crippen molar-refractivity contribution in [2.24, 2.45) is 0 Å². The van der Waals surface area contributed by atoms with Gasteiger partial charge in [-0.2, -0.15) is 5.26 Å². The molecular weight excluding hydrogens is 639 g/mol. The van der Waals surface area contributed by atoms with Gasteiger partial charge < -0.3 is 19.9 Å². The molecule has 0 spiro atoms. The van der Waals surface area contributed by atoms with Crippen molar-refractivity contribution in [2.45, 2.75) is 85.6 Å². The zero-order chi connectivity index (χ0) is 32.8. The molecule has 2 atom stereocenters. The van der Waals surface area contributed by atoms with Gasteiger partial charge in [0.05, 0.1) is 26.7 Å². The number of carbonyl (C=O) groups is 3. The van der Waals surface area contributed by atoms with Crippen molar-refractivity contribution < 1.29 is 27.5 Å². The molecule has 240 valence electrons. The third kappa shape index (κ3) is 6.64. The summed E-state index contributed by atoms with van der Waals surface area (Å²) in [4.78, 5) is 44.3. The van der Waals surface area contributed by atoms with Crippen LogP contribution in [-0.2, 0) is 29.6 Å². The molecule has 1 aliphatic carbocycles. The number of nitrogens with one attached hydrogen (secondary N) is 1. The summed E-state index contributed by atoms with van der Waals surface area (Å²) >= 11 is 12.5. The maximum absolute atomic E-state index is 14.8. The number of rotatable bonds is 6. The van der Waals surface area contributed by atoms with Gasteiger partial charge in [0.25, 0.3) is 0 Å². The van der Waals surface area contributed by atoms with Crippen LogP contribution in [0.2, 0.25) is 10.0 Å². The Balaban J connectivity index is 1.51. The highest BCUT2D eigenvalue weighted by Gasteiger charge is 2.54. The van der Waals surface area contributed by atoms with Crippen LogP contribution in [0.5, 0.6) is 0 Å². The van der Waals surface area contributed by atoms with Gasteiger partial charge in [-0.15, -0.1) is 0 Å². The first-order chi connectivity index (χ1) is 21.1. The molecule has 3 fully saturated rings. The monoisotopic (exact) mass is 674 g/mol. The van der Waals surface area contributed by atoms with Gasteiger partial charge in [0.2, 0.25) is 11.8 Å². The van der Waals surface area contributed by atoms with E-state index in [2.05, 4.69) is 11.4 Å². The Morgan fingerprint density at radius 2 is 1.62 bits per heavy atom. The highest BCUT2D eigenvalue weighted by Crippen LogP contribution is 2.42. The van der Waals surface area contributed by atoms with Crippen LogP contribution in [0.4, 0.5) is 4.79 Å². The minimum Gasteiger partial charge on any atom is -0.444 e.